The maximum atomic E-state index is 12.4. The largest absolute Gasteiger partial charge is 0.394 e. The van der Waals surface area contributed by atoms with E-state index in [1.165, 1.54) is 4.90 Å². The second-order valence-corrected chi connectivity index (χ2v) is 6.66. The number of aliphatic hydroxyl groups is 1. The molecule has 0 saturated carbocycles. The second kappa shape index (κ2) is 7.06. The number of likely N-dealkylation sites (N-methyl/N-ethyl adjacent to an activating group) is 1. The molecule has 7 heteroatoms. The summed E-state index contributed by atoms with van der Waals surface area (Å²) in [5.74, 6) is 0.728. The molecule has 2 aromatic rings. The molecule has 1 atom stereocenters. The highest BCUT2D eigenvalue weighted by atomic mass is 16.3. The van der Waals surface area contributed by atoms with E-state index in [-0.39, 0.29) is 18.6 Å². The Hall–Kier alpha value is -2.67. The zero-order valence-electron chi connectivity index (χ0n) is 14.7. The van der Waals surface area contributed by atoms with Gasteiger partial charge in [0.15, 0.2) is 0 Å². The van der Waals surface area contributed by atoms with E-state index in [0.717, 1.165) is 23.0 Å². The Labute approximate surface area is 146 Å². The topological polar surface area (TPSA) is 93.6 Å². The minimum Gasteiger partial charge on any atom is -0.394 e. The van der Waals surface area contributed by atoms with E-state index in [0.29, 0.717) is 17.6 Å². The Balaban J connectivity index is 1.83. The average molecular weight is 341 g/mol. The number of aliphatic hydroxyl groups excluding tert-OH is 1. The molecule has 0 fully saturated rings. The third-order valence-corrected chi connectivity index (χ3v) is 4.13. The lowest BCUT2D eigenvalue weighted by atomic mass is 10.0. The van der Waals surface area contributed by atoms with Crippen LogP contribution >= 0.6 is 0 Å². The average Bonchev–Trinajstić information content (AvgIpc) is 3.14. The maximum Gasteiger partial charge on any atom is 0.279 e. The number of hydrogen-bond donors (Lipinski definition) is 3. The summed E-state index contributed by atoms with van der Waals surface area (Å²) in [5.41, 5.74) is 3.01. The summed E-state index contributed by atoms with van der Waals surface area (Å²) < 4.78 is 0. The van der Waals surface area contributed by atoms with E-state index in [4.69, 9.17) is 0 Å². The summed E-state index contributed by atoms with van der Waals surface area (Å²) in [6, 6.07) is 5.61. The van der Waals surface area contributed by atoms with Gasteiger partial charge in [-0.15, -0.1) is 0 Å². The molecule has 1 aliphatic rings. The van der Waals surface area contributed by atoms with E-state index in [9.17, 15) is 9.90 Å². The van der Waals surface area contributed by atoms with Crippen molar-refractivity contribution in [3.05, 3.63) is 35.8 Å². The van der Waals surface area contributed by atoms with Crippen molar-refractivity contribution in [2.24, 2.45) is 10.9 Å². The Morgan fingerprint density at radius 1 is 1.40 bits per heavy atom. The van der Waals surface area contributed by atoms with Gasteiger partial charge in [-0.3, -0.25) is 9.69 Å². The number of hydrogen-bond acceptors (Lipinski definition) is 5. The van der Waals surface area contributed by atoms with Gasteiger partial charge in [0.2, 0.25) is 5.96 Å². The van der Waals surface area contributed by atoms with Crippen molar-refractivity contribution in [2.75, 3.05) is 13.7 Å². The fourth-order valence-electron chi connectivity index (χ4n) is 2.86. The SMILES string of the molecule is CC(C)C[C@H](CO)NC1=N/C(=C\c2ccc3[nH]cnc3c2)C(=O)N1C. The first-order valence-electron chi connectivity index (χ1n) is 8.37. The molecule has 0 radical (unpaired) electrons. The lowest BCUT2D eigenvalue weighted by Crippen LogP contribution is -2.45. The smallest absolute Gasteiger partial charge is 0.279 e. The molecule has 1 amide bonds. The molecule has 0 unspecified atom stereocenters. The van der Waals surface area contributed by atoms with Crippen LogP contribution in [-0.2, 0) is 4.79 Å². The molecule has 7 nitrogen and oxygen atoms in total. The number of rotatable bonds is 5. The van der Waals surface area contributed by atoms with Gasteiger partial charge in [0.05, 0.1) is 30.0 Å². The van der Waals surface area contributed by atoms with Crippen LogP contribution in [0.2, 0.25) is 0 Å². The molecule has 3 rings (SSSR count). The number of carbonyl (C=O) groups is 1. The molecule has 3 N–H and O–H groups in total. The lowest BCUT2D eigenvalue weighted by Gasteiger charge is -2.21. The zero-order chi connectivity index (χ0) is 18.0. The molecule has 0 bridgehead atoms. The summed E-state index contributed by atoms with van der Waals surface area (Å²) in [6.07, 6.45) is 4.18. The van der Waals surface area contributed by atoms with Gasteiger partial charge in [0.25, 0.3) is 5.91 Å². The second-order valence-electron chi connectivity index (χ2n) is 6.66. The molecular formula is C18H23N5O2. The first kappa shape index (κ1) is 17.2. The van der Waals surface area contributed by atoms with E-state index in [1.54, 1.807) is 19.5 Å². The van der Waals surface area contributed by atoms with Crippen LogP contribution in [0.15, 0.2) is 35.2 Å². The normalized spacial score (nSPS) is 17.6. The Kier molecular flexibility index (Phi) is 4.85. The van der Waals surface area contributed by atoms with E-state index in [2.05, 4.69) is 34.1 Å². The number of aliphatic imine (C=N–C) groups is 1. The lowest BCUT2D eigenvalue weighted by molar-refractivity contribution is -0.121. The van der Waals surface area contributed by atoms with Gasteiger partial charge in [-0.25, -0.2) is 9.98 Å². The molecule has 2 heterocycles. The van der Waals surface area contributed by atoms with Gasteiger partial charge in [-0.1, -0.05) is 19.9 Å². The number of fused-ring (bicyclic) bond motifs is 1. The quantitative estimate of drug-likeness (QED) is 0.722. The Morgan fingerprint density at radius 3 is 2.92 bits per heavy atom. The number of nitrogens with one attached hydrogen (secondary N) is 2. The fourth-order valence-corrected chi connectivity index (χ4v) is 2.86. The van der Waals surface area contributed by atoms with Crippen LogP contribution in [0, 0.1) is 5.92 Å². The molecule has 0 spiro atoms. The van der Waals surface area contributed by atoms with Gasteiger partial charge in [0.1, 0.15) is 5.70 Å². The van der Waals surface area contributed by atoms with Crippen molar-refractivity contribution in [2.45, 2.75) is 26.3 Å². The molecule has 1 aromatic heterocycles. The molecule has 1 aromatic carbocycles. The van der Waals surface area contributed by atoms with Gasteiger partial charge in [0, 0.05) is 7.05 Å². The summed E-state index contributed by atoms with van der Waals surface area (Å²) >= 11 is 0. The van der Waals surface area contributed by atoms with Gasteiger partial charge >= 0.3 is 0 Å². The number of aromatic amines is 1. The highest BCUT2D eigenvalue weighted by Crippen LogP contribution is 2.19. The van der Waals surface area contributed by atoms with Crippen molar-refractivity contribution < 1.29 is 9.90 Å². The standard InChI is InChI=1S/C18H23N5O2/c1-11(2)6-13(9-24)21-18-22-16(17(25)23(18)3)8-12-4-5-14-15(7-12)20-10-19-14/h4-5,7-8,10-11,13,24H,6,9H2,1-3H3,(H,19,20)(H,21,22)/b16-8-/t13-/m1/s1. The minimum atomic E-state index is -0.175. The van der Waals surface area contributed by atoms with Gasteiger partial charge < -0.3 is 15.4 Å². The van der Waals surface area contributed by atoms with Crippen LogP contribution in [0.25, 0.3) is 17.1 Å². The van der Waals surface area contributed by atoms with E-state index in [1.807, 2.05) is 18.2 Å². The maximum absolute atomic E-state index is 12.4. The Morgan fingerprint density at radius 2 is 2.20 bits per heavy atom. The summed E-state index contributed by atoms with van der Waals surface area (Å²) in [5, 5.41) is 12.7. The molecule has 0 aliphatic carbocycles. The van der Waals surface area contributed by atoms with Crippen molar-refractivity contribution in [3.8, 4) is 0 Å². The number of carbonyl (C=O) groups excluding carboxylic acids is 1. The number of H-pyrrole nitrogens is 1. The van der Waals surface area contributed by atoms with Crippen LogP contribution in [0.1, 0.15) is 25.8 Å². The van der Waals surface area contributed by atoms with Gasteiger partial charge in [-0.2, -0.15) is 0 Å². The summed E-state index contributed by atoms with van der Waals surface area (Å²) in [6.45, 7) is 4.17. The first-order valence-corrected chi connectivity index (χ1v) is 8.37. The van der Waals surface area contributed by atoms with Crippen LogP contribution in [0.5, 0.6) is 0 Å². The van der Waals surface area contributed by atoms with Crippen LogP contribution in [-0.4, -0.2) is 51.5 Å². The monoisotopic (exact) mass is 341 g/mol. The zero-order valence-corrected chi connectivity index (χ0v) is 14.7. The molecular weight excluding hydrogens is 318 g/mol. The van der Waals surface area contributed by atoms with Crippen molar-refractivity contribution in [1.29, 1.82) is 0 Å². The van der Waals surface area contributed by atoms with Crippen LogP contribution in [0.4, 0.5) is 0 Å². The van der Waals surface area contributed by atoms with Crippen LogP contribution < -0.4 is 5.32 Å². The number of aromatic nitrogens is 2. The van der Waals surface area contributed by atoms with Crippen molar-refractivity contribution in [1.82, 2.24) is 20.2 Å². The predicted molar refractivity (Wildman–Crippen MR) is 97.7 cm³/mol. The van der Waals surface area contributed by atoms with E-state index < -0.39 is 0 Å². The third-order valence-electron chi connectivity index (χ3n) is 4.13. The summed E-state index contributed by atoms with van der Waals surface area (Å²) in [4.78, 5) is 25.6. The highest BCUT2D eigenvalue weighted by Gasteiger charge is 2.28. The number of imidazole rings is 1. The number of nitrogens with zero attached hydrogens (tertiary/aromatic N) is 3. The summed E-state index contributed by atoms with van der Waals surface area (Å²) in [7, 11) is 1.68. The minimum absolute atomic E-state index is 0.00585. The van der Waals surface area contributed by atoms with Crippen molar-refractivity contribution >= 4 is 29.0 Å². The first-order chi connectivity index (χ1) is 12.0. The highest BCUT2D eigenvalue weighted by molar-refractivity contribution is 6.13. The molecule has 0 saturated heterocycles. The Bertz CT molecular complexity index is 837. The number of amides is 1. The van der Waals surface area contributed by atoms with Crippen molar-refractivity contribution in [3.63, 3.8) is 0 Å². The molecule has 25 heavy (non-hydrogen) atoms. The predicted octanol–water partition coefficient (Wildman–Crippen LogP) is 1.73. The third kappa shape index (κ3) is 3.71. The van der Waals surface area contributed by atoms with E-state index >= 15 is 0 Å². The number of benzene rings is 1. The fraction of sp³-hybridized carbons (Fsp3) is 0.389. The number of guanidine groups is 1. The molecule has 1 aliphatic heterocycles. The molecule has 132 valence electrons. The van der Waals surface area contributed by atoms with Gasteiger partial charge in [-0.05, 0) is 36.1 Å². The van der Waals surface area contributed by atoms with Crippen LogP contribution in [0.3, 0.4) is 0 Å².